The molecule has 128 valence electrons. The first kappa shape index (κ1) is 17.0. The molecule has 0 atom stereocenters. The van der Waals surface area contributed by atoms with E-state index in [-0.39, 0.29) is 30.0 Å². The van der Waals surface area contributed by atoms with Gasteiger partial charge in [0, 0.05) is 41.1 Å². The van der Waals surface area contributed by atoms with Crippen LogP contribution >= 0.6 is 0 Å². The Kier molecular flexibility index (Phi) is 4.44. The minimum atomic E-state index is -4.44. The SMILES string of the molecule is O=C(CCC(=O)c1c[nH]c2ccccc12)c1ccc(C(F)(F)F)cc1. The molecule has 6 heteroatoms. The van der Waals surface area contributed by atoms with Gasteiger partial charge in [-0.05, 0) is 18.2 Å². The Morgan fingerprint density at radius 1 is 0.880 bits per heavy atom. The Balaban J connectivity index is 1.67. The van der Waals surface area contributed by atoms with E-state index in [0.717, 1.165) is 35.2 Å². The third-order valence-electron chi connectivity index (χ3n) is 4.00. The first-order valence-electron chi connectivity index (χ1n) is 7.66. The van der Waals surface area contributed by atoms with E-state index in [4.69, 9.17) is 0 Å². The number of rotatable bonds is 5. The highest BCUT2D eigenvalue weighted by molar-refractivity contribution is 6.09. The van der Waals surface area contributed by atoms with Gasteiger partial charge in [0.15, 0.2) is 11.6 Å². The largest absolute Gasteiger partial charge is 0.416 e. The second-order valence-electron chi connectivity index (χ2n) is 5.67. The van der Waals surface area contributed by atoms with Crippen molar-refractivity contribution < 1.29 is 22.8 Å². The molecule has 0 spiro atoms. The minimum absolute atomic E-state index is 0.00169. The molecule has 3 aromatic rings. The van der Waals surface area contributed by atoms with Crippen LogP contribution in [0.5, 0.6) is 0 Å². The number of alkyl halides is 3. The quantitative estimate of drug-likeness (QED) is 0.659. The highest BCUT2D eigenvalue weighted by Crippen LogP contribution is 2.29. The van der Waals surface area contributed by atoms with Crippen molar-refractivity contribution in [2.75, 3.05) is 0 Å². The Bertz CT molecular complexity index is 924. The summed E-state index contributed by atoms with van der Waals surface area (Å²) in [6.07, 6.45) is -2.88. The average molecular weight is 345 g/mol. The summed E-state index contributed by atoms with van der Waals surface area (Å²) in [5.74, 6) is -0.542. The van der Waals surface area contributed by atoms with Crippen LogP contribution in [0.3, 0.4) is 0 Å². The maximum Gasteiger partial charge on any atom is 0.416 e. The van der Waals surface area contributed by atoms with Crippen LogP contribution < -0.4 is 0 Å². The molecule has 0 saturated heterocycles. The van der Waals surface area contributed by atoms with E-state index >= 15 is 0 Å². The highest BCUT2D eigenvalue weighted by Gasteiger charge is 2.30. The normalized spacial score (nSPS) is 11.6. The molecule has 1 aromatic heterocycles. The Hall–Kier alpha value is -2.89. The molecule has 0 aliphatic heterocycles. The highest BCUT2D eigenvalue weighted by atomic mass is 19.4. The van der Waals surface area contributed by atoms with E-state index in [1.165, 1.54) is 0 Å². The van der Waals surface area contributed by atoms with Crippen LogP contribution in [-0.4, -0.2) is 16.6 Å². The molecule has 3 nitrogen and oxygen atoms in total. The van der Waals surface area contributed by atoms with E-state index in [1.807, 2.05) is 24.3 Å². The van der Waals surface area contributed by atoms with Crippen LogP contribution in [0.2, 0.25) is 0 Å². The molecule has 0 saturated carbocycles. The van der Waals surface area contributed by atoms with Crippen LogP contribution in [-0.2, 0) is 6.18 Å². The Morgan fingerprint density at radius 2 is 1.52 bits per heavy atom. The third kappa shape index (κ3) is 3.63. The summed E-state index contributed by atoms with van der Waals surface area (Å²) >= 11 is 0. The minimum Gasteiger partial charge on any atom is -0.360 e. The summed E-state index contributed by atoms with van der Waals surface area (Å²) in [4.78, 5) is 27.4. The van der Waals surface area contributed by atoms with E-state index in [0.29, 0.717) is 5.56 Å². The van der Waals surface area contributed by atoms with Gasteiger partial charge in [0.2, 0.25) is 0 Å². The number of carbonyl (C=O) groups is 2. The summed E-state index contributed by atoms with van der Waals surface area (Å²) in [6, 6.07) is 11.4. The van der Waals surface area contributed by atoms with Crippen LogP contribution in [0.1, 0.15) is 39.1 Å². The van der Waals surface area contributed by atoms with Gasteiger partial charge in [0.25, 0.3) is 0 Å². The lowest BCUT2D eigenvalue weighted by Crippen LogP contribution is -2.07. The van der Waals surface area contributed by atoms with Gasteiger partial charge in [-0.3, -0.25) is 9.59 Å². The zero-order valence-electron chi connectivity index (χ0n) is 13.1. The van der Waals surface area contributed by atoms with Gasteiger partial charge in [-0.2, -0.15) is 13.2 Å². The van der Waals surface area contributed by atoms with E-state index < -0.39 is 11.7 Å². The van der Waals surface area contributed by atoms with Gasteiger partial charge in [0.1, 0.15) is 0 Å². The van der Waals surface area contributed by atoms with Gasteiger partial charge in [0.05, 0.1) is 5.56 Å². The molecule has 0 fully saturated rings. The fourth-order valence-corrected chi connectivity index (χ4v) is 2.65. The molecule has 0 unspecified atom stereocenters. The zero-order valence-corrected chi connectivity index (χ0v) is 13.1. The predicted octanol–water partition coefficient (Wildman–Crippen LogP) is 5.03. The van der Waals surface area contributed by atoms with Crippen LogP contribution in [0.15, 0.2) is 54.7 Å². The number of aromatic amines is 1. The van der Waals surface area contributed by atoms with Crippen molar-refractivity contribution in [1.29, 1.82) is 0 Å². The number of hydrogen-bond acceptors (Lipinski definition) is 2. The summed E-state index contributed by atoms with van der Waals surface area (Å²) in [7, 11) is 0. The molecule has 1 heterocycles. The van der Waals surface area contributed by atoms with Gasteiger partial charge in [-0.15, -0.1) is 0 Å². The number of aromatic nitrogens is 1. The second kappa shape index (κ2) is 6.55. The smallest absolute Gasteiger partial charge is 0.360 e. The fraction of sp³-hybridized carbons (Fsp3) is 0.158. The van der Waals surface area contributed by atoms with E-state index in [2.05, 4.69) is 4.98 Å². The number of para-hydroxylation sites is 1. The van der Waals surface area contributed by atoms with E-state index in [9.17, 15) is 22.8 Å². The standard InChI is InChI=1S/C19H14F3NO2/c20-19(21,22)13-7-5-12(6-8-13)17(24)9-10-18(25)15-11-23-16-4-2-1-3-14(15)16/h1-8,11,23H,9-10H2. The molecular weight excluding hydrogens is 331 g/mol. The summed E-state index contributed by atoms with van der Waals surface area (Å²) in [5.41, 5.74) is 0.703. The second-order valence-corrected chi connectivity index (χ2v) is 5.67. The lowest BCUT2D eigenvalue weighted by Gasteiger charge is -2.07. The number of benzene rings is 2. The van der Waals surface area contributed by atoms with Crippen molar-refractivity contribution >= 4 is 22.5 Å². The number of nitrogens with one attached hydrogen (secondary N) is 1. The lowest BCUT2D eigenvalue weighted by molar-refractivity contribution is -0.137. The van der Waals surface area contributed by atoms with Crippen LogP contribution in [0.4, 0.5) is 13.2 Å². The Morgan fingerprint density at radius 3 is 2.20 bits per heavy atom. The molecular formula is C19H14F3NO2. The van der Waals surface area contributed by atoms with Gasteiger partial charge in [-0.1, -0.05) is 30.3 Å². The number of Topliss-reactive ketones (excluding diaryl/α,β-unsaturated/α-hetero) is 2. The maximum absolute atomic E-state index is 12.5. The van der Waals surface area contributed by atoms with Gasteiger partial charge >= 0.3 is 6.18 Å². The molecule has 0 amide bonds. The van der Waals surface area contributed by atoms with Crippen LogP contribution in [0.25, 0.3) is 10.9 Å². The lowest BCUT2D eigenvalue weighted by atomic mass is 10.0. The van der Waals surface area contributed by atoms with Crippen molar-refractivity contribution in [2.45, 2.75) is 19.0 Å². The summed E-state index contributed by atoms with van der Waals surface area (Å²) < 4.78 is 37.6. The number of ketones is 2. The van der Waals surface area contributed by atoms with Crippen molar-refractivity contribution in [2.24, 2.45) is 0 Å². The number of fused-ring (bicyclic) bond motifs is 1. The van der Waals surface area contributed by atoms with Crippen LogP contribution in [0, 0.1) is 0 Å². The number of hydrogen-bond donors (Lipinski definition) is 1. The molecule has 1 N–H and O–H groups in total. The van der Waals surface area contributed by atoms with Crippen molar-refractivity contribution in [3.8, 4) is 0 Å². The van der Waals surface area contributed by atoms with Gasteiger partial charge in [-0.25, -0.2) is 0 Å². The van der Waals surface area contributed by atoms with Crippen molar-refractivity contribution in [1.82, 2.24) is 4.98 Å². The topological polar surface area (TPSA) is 49.9 Å². The Labute approximate surface area is 141 Å². The third-order valence-corrected chi connectivity index (χ3v) is 4.00. The molecule has 2 aromatic carbocycles. The number of halogens is 3. The first-order valence-corrected chi connectivity index (χ1v) is 7.66. The fourth-order valence-electron chi connectivity index (χ4n) is 2.65. The molecule has 3 rings (SSSR count). The van der Waals surface area contributed by atoms with Gasteiger partial charge < -0.3 is 4.98 Å². The average Bonchev–Trinajstić information content (AvgIpc) is 3.03. The maximum atomic E-state index is 12.5. The van der Waals surface area contributed by atoms with E-state index in [1.54, 1.807) is 6.20 Å². The molecule has 0 aliphatic carbocycles. The molecule has 0 aliphatic rings. The molecule has 0 radical (unpaired) electrons. The molecule has 25 heavy (non-hydrogen) atoms. The van der Waals surface area contributed by atoms with Crippen molar-refractivity contribution in [3.05, 3.63) is 71.4 Å². The first-order chi connectivity index (χ1) is 11.9. The number of carbonyl (C=O) groups excluding carboxylic acids is 2. The van der Waals surface area contributed by atoms with Crippen molar-refractivity contribution in [3.63, 3.8) is 0 Å². The summed E-state index contributed by atoms with van der Waals surface area (Å²) in [5, 5.41) is 0.787. The zero-order chi connectivity index (χ0) is 18.0. The number of H-pyrrole nitrogens is 1. The molecule has 0 bridgehead atoms. The summed E-state index contributed by atoms with van der Waals surface area (Å²) in [6.45, 7) is 0. The monoisotopic (exact) mass is 345 g/mol. The predicted molar refractivity (Wildman–Crippen MR) is 87.6 cm³/mol.